The summed E-state index contributed by atoms with van der Waals surface area (Å²) in [5, 5.41) is 11.1. The molecule has 0 spiro atoms. The molecule has 1 fully saturated rings. The number of hydrogen-bond acceptors (Lipinski definition) is 5. The average molecular weight is 381 g/mol. The molecule has 2 aromatic rings. The van der Waals surface area contributed by atoms with Crippen molar-refractivity contribution >= 4 is 27.4 Å². The number of carboxylic acids is 1. The van der Waals surface area contributed by atoms with E-state index in [9.17, 15) is 13.2 Å². The van der Waals surface area contributed by atoms with Crippen LogP contribution in [0.25, 0.3) is 11.1 Å². The van der Waals surface area contributed by atoms with Gasteiger partial charge in [-0.05, 0) is 37.1 Å². The molecule has 0 saturated carbocycles. The minimum atomic E-state index is -3.72. The standard InChI is InChI=1S/C17H17ClN2O4S/c1-10-13(3-2-6-19-10)11-4-5-16(14(18)7-11)25(23,24)12-8-15(17(21)22)20-9-12/h2-7,12,15,20H,8-9H2,1H3,(H,21,22)/t12-,15+/m1/s1. The second-order valence-electron chi connectivity index (χ2n) is 5.98. The van der Waals surface area contributed by atoms with Crippen molar-refractivity contribution in [1.82, 2.24) is 10.3 Å². The molecule has 0 amide bonds. The summed E-state index contributed by atoms with van der Waals surface area (Å²) in [4.78, 5) is 15.3. The minimum Gasteiger partial charge on any atom is -0.480 e. The van der Waals surface area contributed by atoms with E-state index >= 15 is 0 Å². The number of halogens is 1. The number of aliphatic carboxylic acids is 1. The Balaban J connectivity index is 1.93. The van der Waals surface area contributed by atoms with E-state index in [0.717, 1.165) is 16.8 Å². The molecule has 3 rings (SSSR count). The van der Waals surface area contributed by atoms with Crippen LogP contribution in [0.4, 0.5) is 0 Å². The lowest BCUT2D eigenvalue weighted by Gasteiger charge is -2.13. The number of carbonyl (C=O) groups is 1. The van der Waals surface area contributed by atoms with Gasteiger partial charge in [0.15, 0.2) is 9.84 Å². The molecule has 132 valence electrons. The summed E-state index contributed by atoms with van der Waals surface area (Å²) in [5.41, 5.74) is 2.47. The Morgan fingerprint density at radius 1 is 1.36 bits per heavy atom. The first-order valence-corrected chi connectivity index (χ1v) is 9.64. The molecule has 1 aromatic carbocycles. The molecule has 8 heteroatoms. The van der Waals surface area contributed by atoms with Gasteiger partial charge in [-0.25, -0.2) is 8.42 Å². The SMILES string of the molecule is Cc1ncccc1-c1ccc(S(=O)(=O)[C@H]2CN[C@H](C(=O)O)C2)c(Cl)c1. The van der Waals surface area contributed by atoms with E-state index in [1.54, 1.807) is 24.4 Å². The number of nitrogens with one attached hydrogen (secondary N) is 1. The molecule has 1 aromatic heterocycles. The summed E-state index contributed by atoms with van der Waals surface area (Å²) in [7, 11) is -3.72. The Hall–Kier alpha value is -1.96. The fourth-order valence-electron chi connectivity index (χ4n) is 3.00. The van der Waals surface area contributed by atoms with Crippen molar-refractivity contribution in [1.29, 1.82) is 0 Å². The summed E-state index contributed by atoms with van der Waals surface area (Å²) >= 11 is 6.26. The van der Waals surface area contributed by atoms with Crippen molar-refractivity contribution in [2.24, 2.45) is 0 Å². The number of sulfone groups is 1. The van der Waals surface area contributed by atoms with Crippen LogP contribution in [-0.2, 0) is 14.6 Å². The highest BCUT2D eigenvalue weighted by molar-refractivity contribution is 7.92. The maximum atomic E-state index is 12.8. The second kappa shape index (κ2) is 6.74. The molecule has 0 radical (unpaired) electrons. The second-order valence-corrected chi connectivity index (χ2v) is 8.59. The molecule has 0 aliphatic carbocycles. The van der Waals surface area contributed by atoms with E-state index < -0.39 is 27.1 Å². The van der Waals surface area contributed by atoms with Crippen LogP contribution in [0.5, 0.6) is 0 Å². The summed E-state index contributed by atoms with van der Waals surface area (Å²) in [6.45, 7) is 1.96. The van der Waals surface area contributed by atoms with Gasteiger partial charge in [0.05, 0.1) is 15.2 Å². The summed E-state index contributed by atoms with van der Waals surface area (Å²) in [5.74, 6) is -1.05. The topological polar surface area (TPSA) is 96.4 Å². The summed E-state index contributed by atoms with van der Waals surface area (Å²) < 4.78 is 25.6. The number of nitrogens with zero attached hydrogens (tertiary/aromatic N) is 1. The van der Waals surface area contributed by atoms with E-state index in [4.69, 9.17) is 16.7 Å². The fraction of sp³-hybridized carbons (Fsp3) is 0.294. The normalized spacial score (nSPS) is 20.6. The third-order valence-corrected chi connectivity index (χ3v) is 7.01. The number of benzene rings is 1. The number of carboxylic acid groups (broad SMARTS) is 1. The quantitative estimate of drug-likeness (QED) is 0.844. The van der Waals surface area contributed by atoms with Crippen molar-refractivity contribution in [3.63, 3.8) is 0 Å². The maximum absolute atomic E-state index is 12.8. The molecule has 1 saturated heterocycles. The summed E-state index contributed by atoms with van der Waals surface area (Å²) in [6, 6.07) is 7.62. The number of pyridine rings is 1. The zero-order valence-corrected chi connectivity index (χ0v) is 15.0. The van der Waals surface area contributed by atoms with Gasteiger partial charge in [0, 0.05) is 24.0 Å². The molecule has 6 nitrogen and oxygen atoms in total. The molecule has 2 heterocycles. The van der Waals surface area contributed by atoms with Crippen molar-refractivity contribution in [3.8, 4) is 11.1 Å². The number of aromatic nitrogens is 1. The van der Waals surface area contributed by atoms with Gasteiger partial charge in [0.2, 0.25) is 0 Å². The molecule has 0 bridgehead atoms. The predicted molar refractivity (Wildman–Crippen MR) is 94.4 cm³/mol. The van der Waals surface area contributed by atoms with Gasteiger partial charge in [-0.2, -0.15) is 0 Å². The number of rotatable bonds is 4. The fourth-order valence-corrected chi connectivity index (χ4v) is 5.21. The lowest BCUT2D eigenvalue weighted by atomic mass is 10.1. The van der Waals surface area contributed by atoms with E-state index in [1.165, 1.54) is 6.07 Å². The third-order valence-electron chi connectivity index (χ3n) is 4.38. The van der Waals surface area contributed by atoms with Crippen molar-refractivity contribution < 1.29 is 18.3 Å². The molecule has 0 unspecified atom stereocenters. The molecule has 2 N–H and O–H groups in total. The van der Waals surface area contributed by atoms with E-state index in [1.807, 2.05) is 13.0 Å². The van der Waals surface area contributed by atoms with Gasteiger partial charge in [-0.1, -0.05) is 23.7 Å². The van der Waals surface area contributed by atoms with Gasteiger partial charge in [0.1, 0.15) is 6.04 Å². The summed E-state index contributed by atoms with van der Waals surface area (Å²) in [6.07, 6.45) is 1.71. The van der Waals surface area contributed by atoms with Crippen LogP contribution in [0.3, 0.4) is 0 Å². The molecule has 1 aliphatic heterocycles. The first-order chi connectivity index (χ1) is 11.8. The van der Waals surface area contributed by atoms with Crippen LogP contribution in [0, 0.1) is 6.92 Å². The van der Waals surface area contributed by atoms with Crippen molar-refractivity contribution in [2.45, 2.75) is 29.5 Å². The lowest BCUT2D eigenvalue weighted by Crippen LogP contribution is -2.30. The highest BCUT2D eigenvalue weighted by Crippen LogP contribution is 2.32. The number of aryl methyl sites for hydroxylation is 1. The Morgan fingerprint density at radius 2 is 2.12 bits per heavy atom. The van der Waals surface area contributed by atoms with Gasteiger partial charge < -0.3 is 10.4 Å². The smallest absolute Gasteiger partial charge is 0.320 e. The highest BCUT2D eigenvalue weighted by Gasteiger charge is 2.38. The maximum Gasteiger partial charge on any atom is 0.320 e. The van der Waals surface area contributed by atoms with Gasteiger partial charge in [-0.3, -0.25) is 9.78 Å². The van der Waals surface area contributed by atoms with E-state index in [-0.39, 0.29) is 22.9 Å². The first kappa shape index (κ1) is 17.8. The van der Waals surface area contributed by atoms with Crippen LogP contribution in [-0.4, -0.2) is 42.3 Å². The van der Waals surface area contributed by atoms with E-state index in [0.29, 0.717) is 0 Å². The lowest BCUT2D eigenvalue weighted by molar-refractivity contribution is -0.139. The number of hydrogen-bond donors (Lipinski definition) is 2. The Kier molecular flexibility index (Phi) is 4.81. The van der Waals surface area contributed by atoms with Crippen molar-refractivity contribution in [3.05, 3.63) is 47.2 Å². The Bertz CT molecular complexity index is 930. The molecule has 1 aliphatic rings. The minimum absolute atomic E-state index is 0.0253. The van der Waals surface area contributed by atoms with Crippen LogP contribution in [0.15, 0.2) is 41.4 Å². The Labute approximate surface area is 150 Å². The predicted octanol–water partition coefficient (Wildman–Crippen LogP) is 2.30. The van der Waals surface area contributed by atoms with Crippen LogP contribution in [0.2, 0.25) is 5.02 Å². The zero-order valence-electron chi connectivity index (χ0n) is 13.4. The molecule has 2 atom stereocenters. The van der Waals surface area contributed by atoms with E-state index in [2.05, 4.69) is 10.3 Å². The molecular weight excluding hydrogens is 364 g/mol. The third kappa shape index (κ3) is 3.40. The van der Waals surface area contributed by atoms with Crippen molar-refractivity contribution in [2.75, 3.05) is 6.54 Å². The first-order valence-electron chi connectivity index (χ1n) is 7.72. The van der Waals surface area contributed by atoms with Gasteiger partial charge >= 0.3 is 5.97 Å². The van der Waals surface area contributed by atoms with Gasteiger partial charge in [0.25, 0.3) is 0 Å². The Morgan fingerprint density at radius 3 is 2.72 bits per heavy atom. The van der Waals surface area contributed by atoms with Crippen LogP contribution < -0.4 is 5.32 Å². The monoisotopic (exact) mass is 380 g/mol. The molecular formula is C17H17ClN2O4S. The highest BCUT2D eigenvalue weighted by atomic mass is 35.5. The zero-order chi connectivity index (χ0) is 18.2. The molecule has 25 heavy (non-hydrogen) atoms. The average Bonchev–Trinajstić information content (AvgIpc) is 3.06. The van der Waals surface area contributed by atoms with Crippen LogP contribution >= 0.6 is 11.6 Å². The van der Waals surface area contributed by atoms with Gasteiger partial charge in [-0.15, -0.1) is 0 Å². The van der Waals surface area contributed by atoms with Crippen LogP contribution in [0.1, 0.15) is 12.1 Å². The largest absolute Gasteiger partial charge is 0.480 e.